The number of hydrogen-bond acceptors (Lipinski definition) is 3. The Kier molecular flexibility index (Phi) is 5.12. The Morgan fingerprint density at radius 3 is 2.86 bits per heavy atom. The molecule has 118 valence electrons. The lowest BCUT2D eigenvalue weighted by Gasteiger charge is -2.13. The number of halogens is 3. The molecule has 0 fully saturated rings. The van der Waals surface area contributed by atoms with Crippen molar-refractivity contribution in [3.05, 3.63) is 40.1 Å². The summed E-state index contributed by atoms with van der Waals surface area (Å²) >= 11 is 3.25. The predicted molar refractivity (Wildman–Crippen MR) is 81.4 cm³/mol. The maximum absolute atomic E-state index is 12.4. The van der Waals surface area contributed by atoms with Crippen LogP contribution in [0.25, 0.3) is 0 Å². The molecule has 8 heteroatoms. The first-order valence-electron chi connectivity index (χ1n) is 6.50. The minimum Gasteiger partial charge on any atom is -0.433 e. The highest BCUT2D eigenvalue weighted by molar-refractivity contribution is 9.10. The number of hydrogen-bond donors (Lipinski definition) is 1. The van der Waals surface area contributed by atoms with Crippen molar-refractivity contribution in [2.75, 3.05) is 5.32 Å². The molecule has 0 aliphatic heterocycles. The fourth-order valence-electron chi connectivity index (χ4n) is 1.95. The highest BCUT2D eigenvalue weighted by atomic mass is 79.9. The van der Waals surface area contributed by atoms with Gasteiger partial charge in [0, 0.05) is 6.54 Å². The van der Waals surface area contributed by atoms with Crippen LogP contribution in [0, 0.1) is 6.92 Å². The Morgan fingerprint density at radius 2 is 2.23 bits per heavy atom. The Hall–Kier alpha value is -1.96. The Labute approximate surface area is 134 Å². The van der Waals surface area contributed by atoms with Crippen LogP contribution in [0.15, 0.2) is 28.9 Å². The zero-order valence-corrected chi connectivity index (χ0v) is 13.5. The number of nitrogens with one attached hydrogen (secondary N) is 1. The lowest BCUT2D eigenvalue weighted by Crippen LogP contribution is -2.19. The van der Waals surface area contributed by atoms with Crippen molar-refractivity contribution in [3.63, 3.8) is 0 Å². The molecule has 5 nitrogen and oxygen atoms in total. The number of amides is 1. The van der Waals surface area contributed by atoms with Crippen LogP contribution in [0.3, 0.4) is 0 Å². The zero-order valence-electron chi connectivity index (χ0n) is 11.9. The summed E-state index contributed by atoms with van der Waals surface area (Å²) in [4.78, 5) is 12.4. The Balaban J connectivity index is 2.31. The molecular weight excluding hydrogens is 360 g/mol. The molecule has 0 spiro atoms. The number of carbonyl (C=O) groups is 1. The van der Waals surface area contributed by atoms with Crippen molar-refractivity contribution >= 4 is 27.5 Å². The summed E-state index contributed by atoms with van der Waals surface area (Å²) in [5.74, 6) is -0.552. The van der Waals surface area contributed by atoms with Gasteiger partial charge < -0.3 is 10.1 Å². The van der Waals surface area contributed by atoms with Crippen LogP contribution in [-0.2, 0) is 6.54 Å². The van der Waals surface area contributed by atoms with Gasteiger partial charge in [-0.1, -0.05) is 6.07 Å². The maximum atomic E-state index is 12.4. The second kappa shape index (κ2) is 6.87. The average Bonchev–Trinajstić information content (AvgIpc) is 2.82. The van der Waals surface area contributed by atoms with E-state index in [0.29, 0.717) is 16.7 Å². The van der Waals surface area contributed by atoms with Gasteiger partial charge in [-0.05, 0) is 47.5 Å². The quantitative estimate of drug-likeness (QED) is 0.866. The molecular formula is C14H14BrF2N3O2. The van der Waals surface area contributed by atoms with Gasteiger partial charge in [0.05, 0.1) is 16.4 Å². The standard InChI is InChI=1S/C14H14BrF2N3O2/c1-3-20-12(9(15)7-18-20)13(21)19-10-6-8(2)4-5-11(10)22-14(16)17/h4-7,14H,3H2,1-2H3,(H,19,21). The molecule has 22 heavy (non-hydrogen) atoms. The normalized spacial score (nSPS) is 10.8. The van der Waals surface area contributed by atoms with Crippen LogP contribution in [0.5, 0.6) is 5.75 Å². The van der Waals surface area contributed by atoms with E-state index in [2.05, 4.69) is 31.1 Å². The molecule has 0 saturated carbocycles. The third kappa shape index (κ3) is 3.62. The molecule has 1 N–H and O–H groups in total. The number of rotatable bonds is 5. The molecule has 2 aromatic rings. The van der Waals surface area contributed by atoms with Gasteiger partial charge in [-0.25, -0.2) is 0 Å². The van der Waals surface area contributed by atoms with Gasteiger partial charge in [0.15, 0.2) is 0 Å². The van der Waals surface area contributed by atoms with Crippen molar-refractivity contribution in [3.8, 4) is 5.75 Å². The van der Waals surface area contributed by atoms with Gasteiger partial charge in [-0.3, -0.25) is 9.48 Å². The van der Waals surface area contributed by atoms with Gasteiger partial charge in [-0.2, -0.15) is 13.9 Å². The number of anilines is 1. The van der Waals surface area contributed by atoms with Crippen LogP contribution >= 0.6 is 15.9 Å². The van der Waals surface area contributed by atoms with Gasteiger partial charge in [0.25, 0.3) is 5.91 Å². The van der Waals surface area contributed by atoms with Crippen LogP contribution < -0.4 is 10.1 Å². The van der Waals surface area contributed by atoms with Crippen molar-refractivity contribution in [2.45, 2.75) is 27.0 Å². The van der Waals surface area contributed by atoms with Gasteiger partial charge >= 0.3 is 6.61 Å². The average molecular weight is 374 g/mol. The minimum atomic E-state index is -2.97. The predicted octanol–water partition coefficient (Wildman–Crippen LogP) is 3.83. The van der Waals surface area contributed by atoms with E-state index in [0.717, 1.165) is 5.56 Å². The molecule has 1 amide bonds. The van der Waals surface area contributed by atoms with Crippen LogP contribution in [0.2, 0.25) is 0 Å². The zero-order chi connectivity index (χ0) is 16.3. The summed E-state index contributed by atoms with van der Waals surface area (Å²) in [6.07, 6.45) is 1.51. The maximum Gasteiger partial charge on any atom is 0.387 e. The summed E-state index contributed by atoms with van der Waals surface area (Å²) in [5.41, 5.74) is 1.30. The van der Waals surface area contributed by atoms with E-state index in [1.54, 1.807) is 19.1 Å². The molecule has 0 aliphatic carbocycles. The summed E-state index contributed by atoms with van der Waals surface area (Å²) in [6, 6.07) is 4.58. The first-order valence-corrected chi connectivity index (χ1v) is 7.29. The molecule has 0 unspecified atom stereocenters. The lowest BCUT2D eigenvalue weighted by molar-refractivity contribution is -0.0493. The monoisotopic (exact) mass is 373 g/mol. The summed E-state index contributed by atoms with van der Waals surface area (Å²) in [7, 11) is 0. The molecule has 0 saturated heterocycles. The second-order valence-corrected chi connectivity index (χ2v) is 5.34. The van der Waals surface area contributed by atoms with E-state index >= 15 is 0 Å². The van der Waals surface area contributed by atoms with E-state index in [1.807, 2.05) is 6.92 Å². The number of ether oxygens (including phenoxy) is 1. The molecule has 2 rings (SSSR count). The molecule has 0 bridgehead atoms. The van der Waals surface area contributed by atoms with Gasteiger partial charge in [-0.15, -0.1) is 0 Å². The fourth-order valence-corrected chi connectivity index (χ4v) is 2.43. The van der Waals surface area contributed by atoms with E-state index in [-0.39, 0.29) is 11.4 Å². The molecule has 1 aromatic heterocycles. The topological polar surface area (TPSA) is 56.2 Å². The molecule has 1 aromatic carbocycles. The third-order valence-corrected chi connectivity index (χ3v) is 3.49. The van der Waals surface area contributed by atoms with E-state index in [4.69, 9.17) is 0 Å². The number of aryl methyl sites for hydroxylation is 2. The molecule has 0 atom stereocenters. The van der Waals surface area contributed by atoms with E-state index in [1.165, 1.54) is 16.9 Å². The van der Waals surface area contributed by atoms with Crippen LogP contribution in [0.1, 0.15) is 23.0 Å². The largest absolute Gasteiger partial charge is 0.433 e. The Bertz CT molecular complexity index is 689. The lowest BCUT2D eigenvalue weighted by atomic mass is 10.2. The van der Waals surface area contributed by atoms with Crippen molar-refractivity contribution in [1.82, 2.24) is 9.78 Å². The number of nitrogens with zero attached hydrogens (tertiary/aromatic N) is 2. The first-order chi connectivity index (χ1) is 10.4. The summed E-state index contributed by atoms with van der Waals surface area (Å²) < 4.78 is 31.3. The van der Waals surface area contributed by atoms with E-state index < -0.39 is 12.5 Å². The smallest absolute Gasteiger partial charge is 0.387 e. The number of aromatic nitrogens is 2. The van der Waals surface area contributed by atoms with Gasteiger partial charge in [0.2, 0.25) is 0 Å². The van der Waals surface area contributed by atoms with Gasteiger partial charge in [0.1, 0.15) is 11.4 Å². The fraction of sp³-hybridized carbons (Fsp3) is 0.286. The number of alkyl halides is 2. The van der Waals surface area contributed by atoms with Crippen molar-refractivity contribution in [2.24, 2.45) is 0 Å². The molecule has 1 heterocycles. The number of carbonyl (C=O) groups excluding carboxylic acids is 1. The third-order valence-electron chi connectivity index (χ3n) is 2.91. The van der Waals surface area contributed by atoms with Crippen molar-refractivity contribution < 1.29 is 18.3 Å². The minimum absolute atomic E-state index is 0.0902. The van der Waals surface area contributed by atoms with Crippen molar-refractivity contribution in [1.29, 1.82) is 0 Å². The Morgan fingerprint density at radius 1 is 1.50 bits per heavy atom. The van der Waals surface area contributed by atoms with E-state index in [9.17, 15) is 13.6 Å². The first kappa shape index (κ1) is 16.4. The summed E-state index contributed by atoms with van der Waals surface area (Å²) in [6.45, 7) is 1.16. The highest BCUT2D eigenvalue weighted by Crippen LogP contribution is 2.28. The highest BCUT2D eigenvalue weighted by Gasteiger charge is 2.19. The molecule has 0 aliphatic rings. The van der Waals surface area contributed by atoms with Crippen LogP contribution in [-0.4, -0.2) is 22.3 Å². The summed E-state index contributed by atoms with van der Waals surface area (Å²) in [5, 5.41) is 6.63. The molecule has 0 radical (unpaired) electrons. The SMILES string of the molecule is CCn1ncc(Br)c1C(=O)Nc1cc(C)ccc1OC(F)F. The second-order valence-electron chi connectivity index (χ2n) is 4.49. The van der Waals surface area contributed by atoms with Crippen LogP contribution in [0.4, 0.5) is 14.5 Å². The number of benzene rings is 1.